The highest BCUT2D eigenvalue weighted by atomic mass is 35.5. The molecule has 0 atom stereocenters. The first-order valence-electron chi connectivity index (χ1n) is 8.47. The predicted molar refractivity (Wildman–Crippen MR) is 109 cm³/mol. The summed E-state index contributed by atoms with van der Waals surface area (Å²) >= 11 is 13.9. The summed E-state index contributed by atoms with van der Waals surface area (Å²) in [6.45, 7) is 0. The van der Waals surface area contributed by atoms with Crippen LogP contribution >= 0.6 is 34.5 Å². The molecule has 11 heteroatoms. The SMILES string of the molecule is CN=Cc1nn(-c2c(Cl)cc(C(F)(F)F)cc2Cl)c(N)c1C1(c2nccs2)CC1. The fourth-order valence-corrected chi connectivity index (χ4v) is 4.96. The molecule has 4 rings (SSSR count). The standard InChI is InChI=1S/C18H14Cl2F3N5S/c1-25-8-12-13(17(2-3-17)16-26-4-5-29-16)15(24)28(27-12)14-10(19)6-9(7-11(14)20)18(21,22)23/h4-8H,2-3,24H2,1H3. The molecule has 5 nitrogen and oxygen atoms in total. The normalized spacial score (nSPS) is 15.9. The van der Waals surface area contributed by atoms with Crippen molar-refractivity contribution in [2.45, 2.75) is 24.4 Å². The van der Waals surface area contributed by atoms with Crippen molar-refractivity contribution in [3.05, 3.63) is 55.6 Å². The molecule has 2 N–H and O–H groups in total. The third kappa shape index (κ3) is 3.31. The van der Waals surface area contributed by atoms with Crippen LogP contribution in [0.4, 0.5) is 19.0 Å². The Morgan fingerprint density at radius 3 is 2.41 bits per heavy atom. The van der Waals surface area contributed by atoms with E-state index in [4.69, 9.17) is 28.9 Å². The monoisotopic (exact) mass is 459 g/mol. The molecule has 2 aromatic heterocycles. The van der Waals surface area contributed by atoms with Crippen molar-refractivity contribution in [1.82, 2.24) is 14.8 Å². The van der Waals surface area contributed by atoms with Crippen molar-refractivity contribution < 1.29 is 13.2 Å². The molecule has 0 spiro atoms. The maximum Gasteiger partial charge on any atom is 0.416 e. The zero-order valence-electron chi connectivity index (χ0n) is 15.0. The number of benzene rings is 1. The zero-order chi connectivity index (χ0) is 21.0. The predicted octanol–water partition coefficient (Wildman–Crippen LogP) is 5.37. The molecule has 3 aromatic rings. The summed E-state index contributed by atoms with van der Waals surface area (Å²) < 4.78 is 40.5. The number of alkyl halides is 3. The number of thiazole rings is 1. The highest BCUT2D eigenvalue weighted by Crippen LogP contribution is 2.57. The smallest absolute Gasteiger partial charge is 0.383 e. The van der Waals surface area contributed by atoms with Gasteiger partial charge in [0.15, 0.2) is 0 Å². The second kappa shape index (κ2) is 7.00. The molecule has 0 radical (unpaired) electrons. The zero-order valence-corrected chi connectivity index (χ0v) is 17.3. The number of nitrogens with zero attached hydrogens (tertiary/aromatic N) is 4. The van der Waals surface area contributed by atoms with Crippen LogP contribution in [0, 0.1) is 0 Å². The van der Waals surface area contributed by atoms with E-state index in [1.165, 1.54) is 16.0 Å². The van der Waals surface area contributed by atoms with E-state index in [1.54, 1.807) is 19.5 Å². The lowest BCUT2D eigenvalue weighted by molar-refractivity contribution is -0.137. The number of halogens is 5. The minimum atomic E-state index is -4.57. The molecule has 1 aliphatic carbocycles. The summed E-state index contributed by atoms with van der Waals surface area (Å²) in [4.78, 5) is 8.47. The molecule has 0 aliphatic heterocycles. The van der Waals surface area contributed by atoms with Crippen LogP contribution in [-0.2, 0) is 11.6 Å². The third-order valence-electron chi connectivity index (χ3n) is 4.83. The number of aliphatic imine (C=N–C) groups is 1. The van der Waals surface area contributed by atoms with Crippen LogP contribution in [0.5, 0.6) is 0 Å². The lowest BCUT2D eigenvalue weighted by atomic mass is 9.96. The number of hydrogen-bond donors (Lipinski definition) is 1. The topological polar surface area (TPSA) is 69.1 Å². The van der Waals surface area contributed by atoms with Crippen LogP contribution in [0.25, 0.3) is 5.69 Å². The number of hydrogen-bond acceptors (Lipinski definition) is 5. The maximum atomic E-state index is 13.1. The molecule has 152 valence electrons. The first-order valence-corrected chi connectivity index (χ1v) is 10.1. The van der Waals surface area contributed by atoms with E-state index in [0.29, 0.717) is 5.69 Å². The Bertz CT molecular complexity index is 1080. The van der Waals surface area contributed by atoms with Gasteiger partial charge in [0.05, 0.1) is 21.0 Å². The van der Waals surface area contributed by atoms with Crippen LogP contribution < -0.4 is 5.73 Å². The van der Waals surface area contributed by atoms with Gasteiger partial charge < -0.3 is 5.73 Å². The lowest BCUT2D eigenvalue weighted by Gasteiger charge is -2.15. The molecular formula is C18H14Cl2F3N5S. The Labute approximate surface area is 178 Å². The Kier molecular flexibility index (Phi) is 4.87. The molecule has 0 amide bonds. The quantitative estimate of drug-likeness (QED) is 0.533. The fourth-order valence-electron chi connectivity index (χ4n) is 3.41. The molecule has 29 heavy (non-hydrogen) atoms. The summed E-state index contributed by atoms with van der Waals surface area (Å²) in [5.41, 5.74) is 6.42. The third-order valence-corrected chi connectivity index (χ3v) is 6.38. The van der Waals surface area contributed by atoms with Gasteiger partial charge in [-0.2, -0.15) is 18.3 Å². The van der Waals surface area contributed by atoms with Gasteiger partial charge in [0.1, 0.15) is 22.2 Å². The van der Waals surface area contributed by atoms with Crippen molar-refractivity contribution in [3.8, 4) is 5.69 Å². The summed E-state index contributed by atoms with van der Waals surface area (Å²) in [6.07, 6.45) is 0.361. The minimum absolute atomic E-state index is 0.0887. The van der Waals surface area contributed by atoms with E-state index >= 15 is 0 Å². The Morgan fingerprint density at radius 2 is 1.93 bits per heavy atom. The van der Waals surface area contributed by atoms with Gasteiger partial charge in [0, 0.05) is 30.4 Å². The van der Waals surface area contributed by atoms with Crippen LogP contribution in [0.15, 0.2) is 28.7 Å². The highest BCUT2D eigenvalue weighted by molar-refractivity contribution is 7.09. The van der Waals surface area contributed by atoms with Gasteiger partial charge in [0.25, 0.3) is 0 Å². The average molecular weight is 460 g/mol. The van der Waals surface area contributed by atoms with Crippen molar-refractivity contribution in [2.24, 2.45) is 4.99 Å². The molecular weight excluding hydrogens is 446 g/mol. The average Bonchev–Trinajstić information content (AvgIpc) is 3.09. The largest absolute Gasteiger partial charge is 0.416 e. The summed E-state index contributed by atoms with van der Waals surface area (Å²) in [5.74, 6) is 0.246. The molecule has 0 saturated heterocycles. The van der Waals surface area contributed by atoms with Crippen LogP contribution in [0.3, 0.4) is 0 Å². The summed E-state index contributed by atoms with van der Waals surface area (Å²) in [5, 5.41) is 6.84. The van der Waals surface area contributed by atoms with E-state index in [1.807, 2.05) is 5.38 Å². The van der Waals surface area contributed by atoms with Gasteiger partial charge in [0.2, 0.25) is 0 Å². The molecule has 1 aliphatic rings. The van der Waals surface area contributed by atoms with E-state index in [0.717, 1.165) is 35.5 Å². The Balaban J connectivity index is 1.92. The van der Waals surface area contributed by atoms with Gasteiger partial charge in [-0.3, -0.25) is 4.99 Å². The number of aromatic nitrogens is 3. The Hall–Kier alpha value is -2.10. The lowest BCUT2D eigenvalue weighted by Crippen LogP contribution is -2.13. The fraction of sp³-hybridized carbons (Fsp3) is 0.278. The first-order chi connectivity index (χ1) is 13.7. The number of anilines is 1. The van der Waals surface area contributed by atoms with Crippen LogP contribution in [-0.4, -0.2) is 28.0 Å². The molecule has 1 saturated carbocycles. The van der Waals surface area contributed by atoms with Gasteiger partial charge in [-0.1, -0.05) is 23.2 Å². The van der Waals surface area contributed by atoms with Gasteiger partial charge >= 0.3 is 6.18 Å². The molecule has 1 fully saturated rings. The van der Waals surface area contributed by atoms with E-state index < -0.39 is 17.2 Å². The summed E-state index contributed by atoms with van der Waals surface area (Å²) in [7, 11) is 1.60. The molecule has 1 aromatic carbocycles. The van der Waals surface area contributed by atoms with Crippen molar-refractivity contribution >= 4 is 46.6 Å². The van der Waals surface area contributed by atoms with Crippen molar-refractivity contribution in [3.63, 3.8) is 0 Å². The van der Waals surface area contributed by atoms with Crippen molar-refractivity contribution in [2.75, 3.05) is 12.8 Å². The van der Waals surface area contributed by atoms with E-state index in [-0.39, 0.29) is 21.6 Å². The second-order valence-electron chi connectivity index (χ2n) is 6.65. The van der Waals surface area contributed by atoms with Crippen LogP contribution in [0.1, 0.15) is 34.7 Å². The molecule has 0 unspecified atom stereocenters. The maximum absolute atomic E-state index is 13.1. The second-order valence-corrected chi connectivity index (χ2v) is 8.36. The van der Waals surface area contributed by atoms with Crippen LogP contribution in [0.2, 0.25) is 10.0 Å². The van der Waals surface area contributed by atoms with E-state index in [9.17, 15) is 13.2 Å². The van der Waals surface area contributed by atoms with Gasteiger partial charge in [-0.15, -0.1) is 11.3 Å². The minimum Gasteiger partial charge on any atom is -0.383 e. The van der Waals surface area contributed by atoms with Crippen molar-refractivity contribution in [1.29, 1.82) is 0 Å². The number of rotatable bonds is 4. The Morgan fingerprint density at radius 1 is 1.28 bits per heavy atom. The molecule has 0 bridgehead atoms. The molecule has 2 heterocycles. The first kappa shape index (κ1) is 20.2. The van der Waals surface area contributed by atoms with Gasteiger partial charge in [-0.25, -0.2) is 9.67 Å². The number of nitrogens with two attached hydrogens (primary N) is 1. The number of nitrogen functional groups attached to an aromatic ring is 1. The summed E-state index contributed by atoms with van der Waals surface area (Å²) in [6, 6.07) is 1.62. The van der Waals surface area contributed by atoms with E-state index in [2.05, 4.69) is 15.1 Å². The highest BCUT2D eigenvalue weighted by Gasteiger charge is 2.52. The van der Waals surface area contributed by atoms with Gasteiger partial charge in [-0.05, 0) is 25.0 Å².